The molecule has 4 nitrogen and oxygen atoms in total. The van der Waals surface area contributed by atoms with Crippen LogP contribution < -0.4 is 5.73 Å². The molecule has 1 aliphatic rings. The summed E-state index contributed by atoms with van der Waals surface area (Å²) in [6.07, 6.45) is 1.21. The van der Waals surface area contributed by atoms with Crippen molar-refractivity contribution in [3.8, 4) is 0 Å². The van der Waals surface area contributed by atoms with Gasteiger partial charge in [-0.05, 0) is 6.42 Å². The summed E-state index contributed by atoms with van der Waals surface area (Å²) < 4.78 is 9.76. The molecule has 12 heavy (non-hydrogen) atoms. The highest BCUT2D eigenvalue weighted by Gasteiger charge is 2.24. The fraction of sp³-hybridized carbons (Fsp3) is 0.875. The van der Waals surface area contributed by atoms with Gasteiger partial charge in [0.05, 0.1) is 20.1 Å². The molecule has 1 aliphatic heterocycles. The Labute approximate surface area is 72.0 Å². The third-order valence-electron chi connectivity index (χ3n) is 2.19. The van der Waals surface area contributed by atoms with Crippen LogP contribution in [0.4, 0.5) is 0 Å². The molecule has 0 aliphatic carbocycles. The topological polar surface area (TPSA) is 61.5 Å². The molecule has 1 rings (SSSR count). The largest absolute Gasteiger partial charge is 0.469 e. The molecule has 1 saturated heterocycles. The smallest absolute Gasteiger partial charge is 0.305 e. The van der Waals surface area contributed by atoms with Crippen molar-refractivity contribution in [2.45, 2.75) is 18.9 Å². The number of hydrogen-bond donors (Lipinski definition) is 1. The Balaban J connectivity index is 2.33. The molecular formula is C8H15NO3. The van der Waals surface area contributed by atoms with E-state index < -0.39 is 0 Å². The Morgan fingerprint density at radius 2 is 2.50 bits per heavy atom. The van der Waals surface area contributed by atoms with E-state index in [9.17, 15) is 4.79 Å². The number of carbonyl (C=O) groups excluding carboxylic acids is 1. The number of esters is 1. The van der Waals surface area contributed by atoms with E-state index in [1.807, 2.05) is 0 Å². The van der Waals surface area contributed by atoms with Crippen LogP contribution in [0.3, 0.4) is 0 Å². The lowest BCUT2D eigenvalue weighted by Crippen LogP contribution is -2.39. The molecule has 1 fully saturated rings. The van der Waals surface area contributed by atoms with Crippen LogP contribution >= 0.6 is 0 Å². The van der Waals surface area contributed by atoms with Crippen molar-refractivity contribution < 1.29 is 14.3 Å². The highest BCUT2D eigenvalue weighted by Crippen LogP contribution is 2.16. The zero-order chi connectivity index (χ0) is 8.97. The van der Waals surface area contributed by atoms with E-state index in [0.717, 1.165) is 6.42 Å². The maximum absolute atomic E-state index is 10.9. The van der Waals surface area contributed by atoms with Gasteiger partial charge in [0, 0.05) is 18.6 Å². The van der Waals surface area contributed by atoms with Crippen LogP contribution in [0.2, 0.25) is 0 Å². The maximum Gasteiger partial charge on any atom is 0.305 e. The van der Waals surface area contributed by atoms with E-state index >= 15 is 0 Å². The van der Waals surface area contributed by atoms with Gasteiger partial charge in [-0.3, -0.25) is 4.79 Å². The summed E-state index contributed by atoms with van der Waals surface area (Å²) >= 11 is 0. The minimum atomic E-state index is -0.207. The first-order chi connectivity index (χ1) is 5.74. The van der Waals surface area contributed by atoms with Crippen LogP contribution in [0.5, 0.6) is 0 Å². The van der Waals surface area contributed by atoms with Crippen LogP contribution in [-0.2, 0) is 14.3 Å². The quantitative estimate of drug-likeness (QED) is 0.593. The summed E-state index contributed by atoms with van der Waals surface area (Å²) in [4.78, 5) is 10.9. The minimum absolute atomic E-state index is 0.0813. The molecule has 0 saturated carbocycles. The van der Waals surface area contributed by atoms with E-state index in [-0.39, 0.29) is 17.9 Å². The second-order valence-corrected chi connectivity index (χ2v) is 3.07. The predicted octanol–water partition coefficient (Wildman–Crippen LogP) is -0.0867. The molecule has 0 aromatic rings. The molecule has 2 atom stereocenters. The Bertz CT molecular complexity index is 160. The van der Waals surface area contributed by atoms with Crippen LogP contribution in [0.25, 0.3) is 0 Å². The highest BCUT2D eigenvalue weighted by atomic mass is 16.5. The summed E-state index contributed by atoms with van der Waals surface area (Å²) in [7, 11) is 1.39. The summed E-state index contributed by atoms with van der Waals surface area (Å²) in [5.41, 5.74) is 5.79. The standard InChI is InChI=1S/C8H15NO3/c1-11-8(10)4-6-5-12-3-2-7(6)9/h6-7H,2-5,9H2,1H3. The lowest BCUT2D eigenvalue weighted by molar-refractivity contribution is -0.143. The Morgan fingerprint density at radius 3 is 3.08 bits per heavy atom. The SMILES string of the molecule is COC(=O)CC1COCCC1N. The highest BCUT2D eigenvalue weighted by molar-refractivity contribution is 5.69. The lowest BCUT2D eigenvalue weighted by atomic mass is 9.94. The summed E-state index contributed by atoms with van der Waals surface area (Å²) in [6, 6.07) is 0.0813. The Hall–Kier alpha value is -0.610. The number of methoxy groups -OCH3 is 1. The van der Waals surface area contributed by atoms with Crippen molar-refractivity contribution in [2.75, 3.05) is 20.3 Å². The monoisotopic (exact) mass is 173 g/mol. The van der Waals surface area contributed by atoms with E-state index in [0.29, 0.717) is 19.6 Å². The summed E-state index contributed by atoms with van der Waals surface area (Å²) in [5, 5.41) is 0. The maximum atomic E-state index is 10.9. The zero-order valence-electron chi connectivity index (χ0n) is 7.29. The molecule has 0 amide bonds. The van der Waals surface area contributed by atoms with Gasteiger partial charge in [0.2, 0.25) is 0 Å². The fourth-order valence-corrected chi connectivity index (χ4v) is 1.32. The van der Waals surface area contributed by atoms with Crippen molar-refractivity contribution in [3.05, 3.63) is 0 Å². The molecule has 70 valence electrons. The first-order valence-electron chi connectivity index (χ1n) is 4.14. The van der Waals surface area contributed by atoms with Crippen LogP contribution in [0.1, 0.15) is 12.8 Å². The van der Waals surface area contributed by atoms with Gasteiger partial charge in [0.1, 0.15) is 0 Å². The number of ether oxygens (including phenoxy) is 2. The van der Waals surface area contributed by atoms with Crippen molar-refractivity contribution in [1.29, 1.82) is 0 Å². The van der Waals surface area contributed by atoms with Crippen molar-refractivity contribution >= 4 is 5.97 Å². The first kappa shape index (κ1) is 9.48. The molecule has 0 aromatic heterocycles. The molecule has 0 radical (unpaired) electrons. The van der Waals surface area contributed by atoms with E-state index in [4.69, 9.17) is 10.5 Å². The first-order valence-corrected chi connectivity index (χ1v) is 4.14. The van der Waals surface area contributed by atoms with Gasteiger partial charge in [0.15, 0.2) is 0 Å². The second kappa shape index (κ2) is 4.42. The fourth-order valence-electron chi connectivity index (χ4n) is 1.32. The normalized spacial score (nSPS) is 29.8. The van der Waals surface area contributed by atoms with Crippen molar-refractivity contribution in [2.24, 2.45) is 11.7 Å². The van der Waals surface area contributed by atoms with Gasteiger partial charge < -0.3 is 15.2 Å². The van der Waals surface area contributed by atoms with Gasteiger partial charge in [-0.15, -0.1) is 0 Å². The summed E-state index contributed by atoms with van der Waals surface area (Å²) in [6.45, 7) is 1.29. The molecule has 0 bridgehead atoms. The van der Waals surface area contributed by atoms with Gasteiger partial charge in [-0.2, -0.15) is 0 Å². The Morgan fingerprint density at radius 1 is 1.75 bits per heavy atom. The molecule has 2 unspecified atom stereocenters. The van der Waals surface area contributed by atoms with Crippen LogP contribution in [-0.4, -0.2) is 32.3 Å². The number of nitrogens with two attached hydrogens (primary N) is 1. The third kappa shape index (κ3) is 2.46. The molecule has 0 spiro atoms. The average Bonchev–Trinajstić information content (AvgIpc) is 2.09. The van der Waals surface area contributed by atoms with E-state index in [1.165, 1.54) is 7.11 Å². The van der Waals surface area contributed by atoms with E-state index in [1.54, 1.807) is 0 Å². The van der Waals surface area contributed by atoms with E-state index in [2.05, 4.69) is 4.74 Å². The molecule has 4 heteroatoms. The average molecular weight is 173 g/mol. The zero-order valence-corrected chi connectivity index (χ0v) is 7.29. The van der Waals surface area contributed by atoms with Crippen LogP contribution in [0.15, 0.2) is 0 Å². The predicted molar refractivity (Wildman–Crippen MR) is 43.5 cm³/mol. The lowest BCUT2D eigenvalue weighted by Gasteiger charge is -2.27. The van der Waals surface area contributed by atoms with Gasteiger partial charge in [0.25, 0.3) is 0 Å². The molecule has 2 N–H and O–H groups in total. The van der Waals surface area contributed by atoms with Gasteiger partial charge >= 0.3 is 5.97 Å². The Kier molecular flexibility index (Phi) is 3.49. The second-order valence-electron chi connectivity index (χ2n) is 3.07. The van der Waals surface area contributed by atoms with Gasteiger partial charge in [-0.25, -0.2) is 0 Å². The van der Waals surface area contributed by atoms with Crippen molar-refractivity contribution in [1.82, 2.24) is 0 Å². The molecule has 0 aromatic carbocycles. The molecule has 1 heterocycles. The van der Waals surface area contributed by atoms with Crippen LogP contribution in [0, 0.1) is 5.92 Å². The summed E-state index contributed by atoms with van der Waals surface area (Å²) in [5.74, 6) is -0.0767. The minimum Gasteiger partial charge on any atom is -0.469 e. The number of carbonyl (C=O) groups is 1. The third-order valence-corrected chi connectivity index (χ3v) is 2.19. The van der Waals surface area contributed by atoms with Crippen molar-refractivity contribution in [3.63, 3.8) is 0 Å². The van der Waals surface area contributed by atoms with Gasteiger partial charge in [-0.1, -0.05) is 0 Å². The molecular weight excluding hydrogens is 158 g/mol. The number of rotatable bonds is 2. The number of hydrogen-bond acceptors (Lipinski definition) is 4.